The van der Waals surface area contributed by atoms with Crippen LogP contribution in [0.4, 0.5) is 5.82 Å². The van der Waals surface area contributed by atoms with E-state index in [4.69, 9.17) is 0 Å². The molecule has 0 amide bonds. The number of nitrogens with one attached hydrogen (secondary N) is 1. The average Bonchev–Trinajstić information content (AvgIpc) is 2.18. The highest BCUT2D eigenvalue weighted by Gasteiger charge is 2.06. The first-order valence-electron chi connectivity index (χ1n) is 4.96. The summed E-state index contributed by atoms with van der Waals surface area (Å²) >= 11 is 2.24. The molecule has 1 N–H and O–H groups in total. The first-order chi connectivity index (χ1) is 7.09. The number of halogens is 1. The van der Waals surface area contributed by atoms with Crippen molar-refractivity contribution in [3.63, 3.8) is 0 Å². The number of hydrogen-bond acceptors (Lipinski definition) is 4. The van der Waals surface area contributed by atoms with Crippen LogP contribution in [0.25, 0.3) is 0 Å². The van der Waals surface area contributed by atoms with E-state index in [1.807, 2.05) is 6.20 Å². The van der Waals surface area contributed by atoms with Gasteiger partial charge in [-0.2, -0.15) is 0 Å². The van der Waals surface area contributed by atoms with Crippen molar-refractivity contribution in [3.05, 3.63) is 16.1 Å². The monoisotopic (exact) mass is 320 g/mol. The smallest absolute Gasteiger partial charge is 0.143 e. The van der Waals surface area contributed by atoms with Crippen molar-refractivity contribution >= 4 is 28.4 Å². The molecule has 0 saturated carbocycles. The molecule has 15 heavy (non-hydrogen) atoms. The van der Waals surface area contributed by atoms with Gasteiger partial charge in [0.25, 0.3) is 0 Å². The molecule has 0 aliphatic carbocycles. The van der Waals surface area contributed by atoms with Crippen molar-refractivity contribution in [2.45, 2.75) is 19.4 Å². The van der Waals surface area contributed by atoms with Gasteiger partial charge in [0.05, 0.1) is 3.57 Å². The summed E-state index contributed by atoms with van der Waals surface area (Å²) in [5.41, 5.74) is 0. The second-order valence-electron chi connectivity index (χ2n) is 3.86. The van der Waals surface area contributed by atoms with Crippen LogP contribution in [-0.2, 0) is 0 Å². The van der Waals surface area contributed by atoms with Crippen LogP contribution in [0.15, 0.2) is 12.5 Å². The second kappa shape index (κ2) is 6.22. The van der Waals surface area contributed by atoms with Gasteiger partial charge in [-0.15, -0.1) is 0 Å². The molecule has 1 aromatic rings. The van der Waals surface area contributed by atoms with E-state index in [1.54, 1.807) is 6.33 Å². The first kappa shape index (κ1) is 12.6. The molecule has 1 atom stereocenters. The van der Waals surface area contributed by atoms with Crippen LogP contribution in [-0.4, -0.2) is 41.5 Å². The third-order valence-corrected chi connectivity index (χ3v) is 2.85. The lowest BCUT2D eigenvalue weighted by Gasteiger charge is -2.17. The van der Waals surface area contributed by atoms with E-state index in [0.717, 1.165) is 22.4 Å². The van der Waals surface area contributed by atoms with Crippen molar-refractivity contribution in [2.75, 3.05) is 26.0 Å². The molecule has 1 rings (SSSR count). The Bertz CT molecular complexity index is 303. The summed E-state index contributed by atoms with van der Waals surface area (Å²) < 4.78 is 1.06. The van der Waals surface area contributed by atoms with Crippen LogP contribution in [0.2, 0.25) is 0 Å². The zero-order valence-corrected chi connectivity index (χ0v) is 11.5. The molecule has 4 nitrogen and oxygen atoms in total. The van der Waals surface area contributed by atoms with Crippen LogP contribution in [0.3, 0.4) is 0 Å². The van der Waals surface area contributed by atoms with Gasteiger partial charge in [-0.1, -0.05) is 0 Å². The highest BCUT2D eigenvalue weighted by molar-refractivity contribution is 14.1. The van der Waals surface area contributed by atoms with Gasteiger partial charge in [0, 0.05) is 12.2 Å². The van der Waals surface area contributed by atoms with E-state index in [0.29, 0.717) is 6.04 Å². The number of anilines is 1. The van der Waals surface area contributed by atoms with Gasteiger partial charge >= 0.3 is 0 Å². The van der Waals surface area contributed by atoms with Gasteiger partial charge in [0.1, 0.15) is 12.1 Å². The van der Waals surface area contributed by atoms with Gasteiger partial charge in [-0.05, 0) is 56.6 Å². The van der Waals surface area contributed by atoms with Crippen LogP contribution >= 0.6 is 22.6 Å². The maximum Gasteiger partial charge on any atom is 0.143 e. The van der Waals surface area contributed by atoms with Gasteiger partial charge in [-0.3, -0.25) is 0 Å². The molecule has 0 bridgehead atoms. The SMILES string of the molecule is CC(CCN(C)C)Nc1ncncc1I. The molecule has 84 valence electrons. The normalized spacial score (nSPS) is 12.9. The van der Waals surface area contributed by atoms with Crippen molar-refractivity contribution in [1.82, 2.24) is 14.9 Å². The van der Waals surface area contributed by atoms with Crippen molar-refractivity contribution < 1.29 is 0 Å². The van der Waals surface area contributed by atoms with Crippen LogP contribution in [0.1, 0.15) is 13.3 Å². The lowest BCUT2D eigenvalue weighted by atomic mass is 10.2. The molecular weight excluding hydrogens is 303 g/mol. The third-order valence-electron chi connectivity index (χ3n) is 2.06. The predicted octanol–water partition coefficient (Wildman–Crippen LogP) is 1.83. The molecule has 0 aromatic carbocycles. The minimum atomic E-state index is 0.427. The van der Waals surface area contributed by atoms with Crippen LogP contribution < -0.4 is 5.32 Å². The Kier molecular flexibility index (Phi) is 5.24. The van der Waals surface area contributed by atoms with E-state index in [9.17, 15) is 0 Å². The second-order valence-corrected chi connectivity index (χ2v) is 5.02. The molecule has 0 saturated heterocycles. The van der Waals surface area contributed by atoms with Crippen LogP contribution in [0, 0.1) is 3.57 Å². The van der Waals surface area contributed by atoms with Gasteiger partial charge in [-0.25, -0.2) is 9.97 Å². The predicted molar refractivity (Wildman–Crippen MR) is 71.0 cm³/mol. The Labute approximate surface area is 105 Å². The molecule has 1 unspecified atom stereocenters. The fourth-order valence-corrected chi connectivity index (χ4v) is 1.63. The standard InChI is InChI=1S/C10H17IN4/c1-8(4-5-15(2)3)14-10-9(11)6-12-7-13-10/h6-8H,4-5H2,1-3H3,(H,12,13,14). The van der Waals surface area contributed by atoms with E-state index < -0.39 is 0 Å². The molecular formula is C10H17IN4. The molecule has 1 aromatic heterocycles. The Morgan fingerprint density at radius 3 is 2.87 bits per heavy atom. The molecule has 0 radical (unpaired) electrons. The molecule has 0 fully saturated rings. The van der Waals surface area contributed by atoms with E-state index in [2.05, 4.69) is 63.8 Å². The van der Waals surface area contributed by atoms with Crippen molar-refractivity contribution in [3.8, 4) is 0 Å². The quantitative estimate of drug-likeness (QED) is 0.841. The maximum absolute atomic E-state index is 4.20. The van der Waals surface area contributed by atoms with Gasteiger partial charge in [0.2, 0.25) is 0 Å². The highest BCUT2D eigenvalue weighted by Crippen LogP contribution is 2.14. The molecule has 1 heterocycles. The summed E-state index contributed by atoms with van der Waals surface area (Å²) in [5.74, 6) is 0.928. The lowest BCUT2D eigenvalue weighted by Crippen LogP contribution is -2.23. The largest absolute Gasteiger partial charge is 0.367 e. The summed E-state index contributed by atoms with van der Waals surface area (Å²) in [6, 6.07) is 0.427. The minimum absolute atomic E-state index is 0.427. The Morgan fingerprint density at radius 2 is 2.27 bits per heavy atom. The Hall–Kier alpha value is -0.430. The fourth-order valence-electron chi connectivity index (χ4n) is 1.18. The topological polar surface area (TPSA) is 41.0 Å². The number of rotatable bonds is 5. The summed E-state index contributed by atoms with van der Waals surface area (Å²) in [7, 11) is 4.17. The van der Waals surface area contributed by atoms with E-state index in [1.165, 1.54) is 0 Å². The maximum atomic E-state index is 4.20. The minimum Gasteiger partial charge on any atom is -0.367 e. The van der Waals surface area contributed by atoms with Crippen molar-refractivity contribution in [1.29, 1.82) is 0 Å². The van der Waals surface area contributed by atoms with Gasteiger partial charge in [0.15, 0.2) is 0 Å². The van der Waals surface area contributed by atoms with Gasteiger partial charge < -0.3 is 10.2 Å². The average molecular weight is 320 g/mol. The summed E-state index contributed by atoms with van der Waals surface area (Å²) in [6.07, 6.45) is 4.49. The first-order valence-corrected chi connectivity index (χ1v) is 6.04. The van der Waals surface area contributed by atoms with E-state index >= 15 is 0 Å². The molecule has 0 aliphatic rings. The summed E-state index contributed by atoms with van der Waals surface area (Å²) in [4.78, 5) is 10.3. The summed E-state index contributed by atoms with van der Waals surface area (Å²) in [5, 5.41) is 3.38. The fraction of sp³-hybridized carbons (Fsp3) is 0.600. The molecule has 0 aliphatic heterocycles. The Balaban J connectivity index is 2.44. The molecule has 0 spiro atoms. The third kappa shape index (κ3) is 4.74. The summed E-state index contributed by atoms with van der Waals surface area (Å²) in [6.45, 7) is 3.25. The molecule has 5 heteroatoms. The zero-order valence-electron chi connectivity index (χ0n) is 9.37. The zero-order chi connectivity index (χ0) is 11.3. The number of hydrogen-bond donors (Lipinski definition) is 1. The number of nitrogens with zero attached hydrogens (tertiary/aromatic N) is 3. The van der Waals surface area contributed by atoms with E-state index in [-0.39, 0.29) is 0 Å². The Morgan fingerprint density at radius 1 is 1.53 bits per heavy atom. The highest BCUT2D eigenvalue weighted by atomic mass is 127. The number of aromatic nitrogens is 2. The van der Waals surface area contributed by atoms with Crippen molar-refractivity contribution in [2.24, 2.45) is 0 Å². The lowest BCUT2D eigenvalue weighted by molar-refractivity contribution is 0.390. The van der Waals surface area contributed by atoms with Crippen LogP contribution in [0.5, 0.6) is 0 Å².